The number of nitrogens with zero attached hydrogens (tertiary/aromatic N) is 1. The molecule has 1 heterocycles. The number of nitrogens with one attached hydrogen (secondary N) is 1. The first-order valence-corrected chi connectivity index (χ1v) is 6.80. The van der Waals surface area contributed by atoms with Crippen LogP contribution in [0.15, 0.2) is 58.6 Å². The SMILES string of the molecule is O=C(NCC(F)(F)F)c1cccnc1Sc1ccccc1. The fourth-order valence-corrected chi connectivity index (χ4v) is 2.42. The van der Waals surface area contributed by atoms with Gasteiger partial charge in [0.2, 0.25) is 0 Å². The molecule has 0 fully saturated rings. The van der Waals surface area contributed by atoms with Gasteiger partial charge >= 0.3 is 6.18 Å². The number of amides is 1. The molecule has 0 aliphatic heterocycles. The lowest BCUT2D eigenvalue weighted by atomic mass is 10.2. The van der Waals surface area contributed by atoms with Gasteiger partial charge in [0.25, 0.3) is 5.91 Å². The smallest absolute Gasteiger partial charge is 0.343 e. The normalized spacial score (nSPS) is 11.2. The molecule has 0 atom stereocenters. The number of carbonyl (C=O) groups excluding carboxylic acids is 1. The van der Waals surface area contributed by atoms with E-state index in [1.54, 1.807) is 0 Å². The van der Waals surface area contributed by atoms with Crippen LogP contribution in [-0.4, -0.2) is 23.6 Å². The topological polar surface area (TPSA) is 42.0 Å². The van der Waals surface area contributed by atoms with Crippen molar-refractivity contribution < 1.29 is 18.0 Å². The Morgan fingerprint density at radius 1 is 1.14 bits per heavy atom. The summed E-state index contributed by atoms with van der Waals surface area (Å²) in [6.07, 6.45) is -2.95. The first-order chi connectivity index (χ1) is 9.96. The number of hydrogen-bond donors (Lipinski definition) is 1. The van der Waals surface area contributed by atoms with Crippen molar-refractivity contribution in [1.29, 1.82) is 0 Å². The minimum absolute atomic E-state index is 0.121. The van der Waals surface area contributed by atoms with Crippen molar-refractivity contribution in [2.45, 2.75) is 16.1 Å². The summed E-state index contributed by atoms with van der Waals surface area (Å²) in [6, 6.07) is 12.1. The highest BCUT2D eigenvalue weighted by Gasteiger charge is 2.28. The van der Waals surface area contributed by atoms with Gasteiger partial charge in [0, 0.05) is 11.1 Å². The summed E-state index contributed by atoms with van der Waals surface area (Å²) in [7, 11) is 0. The fourth-order valence-electron chi connectivity index (χ4n) is 1.52. The number of alkyl halides is 3. The van der Waals surface area contributed by atoms with Crippen molar-refractivity contribution in [1.82, 2.24) is 10.3 Å². The lowest BCUT2D eigenvalue weighted by Crippen LogP contribution is -2.34. The van der Waals surface area contributed by atoms with Crippen LogP contribution in [0.1, 0.15) is 10.4 Å². The molecule has 3 nitrogen and oxygen atoms in total. The Hall–Kier alpha value is -2.02. The van der Waals surface area contributed by atoms with E-state index < -0.39 is 18.6 Å². The van der Waals surface area contributed by atoms with Gasteiger partial charge in [-0.2, -0.15) is 13.2 Å². The van der Waals surface area contributed by atoms with Gasteiger partial charge in [0.15, 0.2) is 0 Å². The molecular formula is C14H11F3N2OS. The Morgan fingerprint density at radius 3 is 2.52 bits per heavy atom. The number of aromatic nitrogens is 1. The molecule has 7 heteroatoms. The summed E-state index contributed by atoms with van der Waals surface area (Å²) < 4.78 is 36.4. The molecule has 0 aliphatic rings. The summed E-state index contributed by atoms with van der Waals surface area (Å²) >= 11 is 1.22. The van der Waals surface area contributed by atoms with E-state index in [-0.39, 0.29) is 5.56 Å². The van der Waals surface area contributed by atoms with E-state index in [4.69, 9.17) is 0 Å². The fraction of sp³-hybridized carbons (Fsp3) is 0.143. The third kappa shape index (κ3) is 4.78. The lowest BCUT2D eigenvalue weighted by molar-refractivity contribution is -0.123. The van der Waals surface area contributed by atoms with Gasteiger partial charge in [0.05, 0.1) is 5.56 Å². The minimum Gasteiger partial charge on any atom is -0.343 e. The first kappa shape index (κ1) is 15.4. The lowest BCUT2D eigenvalue weighted by Gasteiger charge is -2.10. The van der Waals surface area contributed by atoms with Gasteiger partial charge in [0.1, 0.15) is 11.6 Å². The monoisotopic (exact) mass is 312 g/mol. The largest absolute Gasteiger partial charge is 0.405 e. The van der Waals surface area contributed by atoms with Crippen molar-refractivity contribution in [2.24, 2.45) is 0 Å². The average molecular weight is 312 g/mol. The maximum Gasteiger partial charge on any atom is 0.405 e. The number of benzene rings is 1. The van der Waals surface area contributed by atoms with Gasteiger partial charge in [-0.15, -0.1) is 0 Å². The van der Waals surface area contributed by atoms with Crippen LogP contribution < -0.4 is 5.32 Å². The number of pyridine rings is 1. The predicted octanol–water partition coefficient (Wildman–Crippen LogP) is 3.52. The summed E-state index contributed by atoms with van der Waals surface area (Å²) in [5, 5.41) is 2.21. The van der Waals surface area contributed by atoms with E-state index in [1.165, 1.54) is 30.1 Å². The molecule has 0 aliphatic carbocycles. The highest BCUT2D eigenvalue weighted by molar-refractivity contribution is 7.99. The molecule has 0 spiro atoms. The van der Waals surface area contributed by atoms with Crippen molar-refractivity contribution in [2.75, 3.05) is 6.54 Å². The number of halogens is 3. The molecule has 1 amide bonds. The van der Waals surface area contributed by atoms with Gasteiger partial charge in [-0.3, -0.25) is 4.79 Å². The molecule has 0 radical (unpaired) electrons. The highest BCUT2D eigenvalue weighted by atomic mass is 32.2. The highest BCUT2D eigenvalue weighted by Crippen LogP contribution is 2.28. The summed E-state index contributed by atoms with van der Waals surface area (Å²) in [4.78, 5) is 16.7. The second kappa shape index (κ2) is 6.62. The molecule has 21 heavy (non-hydrogen) atoms. The van der Waals surface area contributed by atoms with Gasteiger partial charge in [-0.1, -0.05) is 30.0 Å². The molecule has 2 aromatic rings. The Labute approximate surface area is 123 Å². The van der Waals surface area contributed by atoms with Gasteiger partial charge in [-0.25, -0.2) is 4.98 Å². The first-order valence-electron chi connectivity index (χ1n) is 5.98. The van der Waals surface area contributed by atoms with Crippen LogP contribution in [-0.2, 0) is 0 Å². The van der Waals surface area contributed by atoms with E-state index in [0.717, 1.165) is 4.90 Å². The van der Waals surface area contributed by atoms with Crippen LogP contribution in [0.5, 0.6) is 0 Å². The van der Waals surface area contributed by atoms with Crippen molar-refractivity contribution >= 4 is 17.7 Å². The maximum atomic E-state index is 12.1. The molecular weight excluding hydrogens is 301 g/mol. The van der Waals surface area contributed by atoms with Crippen LogP contribution in [0.4, 0.5) is 13.2 Å². The van der Waals surface area contributed by atoms with Crippen molar-refractivity contribution in [3.05, 3.63) is 54.2 Å². The third-order valence-corrected chi connectivity index (χ3v) is 3.45. The number of rotatable bonds is 4. The van der Waals surface area contributed by atoms with Gasteiger partial charge < -0.3 is 5.32 Å². The molecule has 0 unspecified atom stereocenters. The molecule has 1 aromatic carbocycles. The molecule has 1 aromatic heterocycles. The Kier molecular flexibility index (Phi) is 4.85. The standard InChI is InChI=1S/C14H11F3N2OS/c15-14(16,17)9-19-12(20)11-7-4-8-18-13(11)21-10-5-2-1-3-6-10/h1-8H,9H2,(H,19,20). The third-order valence-electron chi connectivity index (χ3n) is 2.42. The van der Waals surface area contributed by atoms with E-state index in [0.29, 0.717) is 5.03 Å². The van der Waals surface area contributed by atoms with Gasteiger partial charge in [-0.05, 0) is 24.3 Å². The Bertz CT molecular complexity index is 617. The zero-order valence-corrected chi connectivity index (χ0v) is 11.5. The summed E-state index contributed by atoms with van der Waals surface area (Å²) in [5.74, 6) is -0.793. The summed E-state index contributed by atoms with van der Waals surface area (Å²) in [5.41, 5.74) is 0.121. The second-order valence-corrected chi connectivity index (χ2v) is 5.13. The van der Waals surface area contributed by atoms with Crippen LogP contribution in [0.2, 0.25) is 0 Å². The maximum absolute atomic E-state index is 12.1. The molecule has 1 N–H and O–H groups in total. The molecule has 110 valence electrons. The summed E-state index contributed by atoms with van der Waals surface area (Å²) in [6.45, 7) is -1.36. The van der Waals surface area contributed by atoms with E-state index >= 15 is 0 Å². The zero-order valence-electron chi connectivity index (χ0n) is 10.7. The Balaban J connectivity index is 2.15. The van der Waals surface area contributed by atoms with E-state index in [2.05, 4.69) is 4.98 Å². The quantitative estimate of drug-likeness (QED) is 0.939. The van der Waals surface area contributed by atoms with E-state index in [1.807, 2.05) is 35.6 Å². The van der Waals surface area contributed by atoms with Crippen molar-refractivity contribution in [3.8, 4) is 0 Å². The molecule has 2 rings (SSSR count). The van der Waals surface area contributed by atoms with Crippen LogP contribution in [0.25, 0.3) is 0 Å². The predicted molar refractivity (Wildman–Crippen MR) is 73.2 cm³/mol. The van der Waals surface area contributed by atoms with Crippen LogP contribution in [0.3, 0.4) is 0 Å². The van der Waals surface area contributed by atoms with Crippen molar-refractivity contribution in [3.63, 3.8) is 0 Å². The van der Waals surface area contributed by atoms with E-state index in [9.17, 15) is 18.0 Å². The Morgan fingerprint density at radius 2 is 1.86 bits per heavy atom. The second-order valence-electron chi connectivity index (χ2n) is 4.07. The zero-order chi connectivity index (χ0) is 15.3. The molecule has 0 bridgehead atoms. The average Bonchev–Trinajstić information content (AvgIpc) is 2.46. The molecule has 0 saturated carbocycles. The van der Waals surface area contributed by atoms with Crippen LogP contribution in [0, 0.1) is 0 Å². The number of hydrogen-bond acceptors (Lipinski definition) is 3. The number of carbonyl (C=O) groups is 1. The molecule has 0 saturated heterocycles. The minimum atomic E-state index is -4.44. The van der Waals surface area contributed by atoms with Crippen LogP contribution >= 0.6 is 11.8 Å².